The van der Waals surface area contributed by atoms with E-state index in [2.05, 4.69) is 11.4 Å². The van der Waals surface area contributed by atoms with Crippen molar-refractivity contribution in [3.63, 3.8) is 0 Å². The number of rotatable bonds is 13. The molecular formula is C34H42N2O4. The molecule has 0 heterocycles. The van der Waals surface area contributed by atoms with Crippen molar-refractivity contribution in [3.8, 4) is 11.5 Å². The molecule has 2 amide bonds. The summed E-state index contributed by atoms with van der Waals surface area (Å²) in [4.78, 5) is 29.5. The van der Waals surface area contributed by atoms with Gasteiger partial charge in [0, 0.05) is 25.4 Å². The van der Waals surface area contributed by atoms with Gasteiger partial charge in [0.15, 0.2) is 0 Å². The van der Waals surface area contributed by atoms with Gasteiger partial charge in [0.1, 0.15) is 17.5 Å². The number of methoxy groups -OCH3 is 1. The minimum atomic E-state index is -0.597. The molecule has 0 aromatic heterocycles. The molecule has 0 aliphatic heterocycles. The van der Waals surface area contributed by atoms with Crippen LogP contribution in [-0.4, -0.2) is 42.5 Å². The molecule has 212 valence electrons. The van der Waals surface area contributed by atoms with Crippen LogP contribution >= 0.6 is 0 Å². The van der Waals surface area contributed by atoms with Crippen molar-refractivity contribution in [2.45, 2.75) is 76.9 Å². The number of hydrogen-bond donors (Lipinski definition) is 1. The largest absolute Gasteiger partial charge is 0.497 e. The highest BCUT2D eigenvalue weighted by Crippen LogP contribution is 2.21. The Hall–Kier alpha value is -3.80. The predicted octanol–water partition coefficient (Wildman–Crippen LogP) is 6.25. The second kappa shape index (κ2) is 15.1. The third-order valence-corrected chi connectivity index (χ3v) is 7.52. The predicted molar refractivity (Wildman–Crippen MR) is 158 cm³/mol. The zero-order chi connectivity index (χ0) is 28.2. The monoisotopic (exact) mass is 542 g/mol. The van der Waals surface area contributed by atoms with Crippen LogP contribution in [0.5, 0.6) is 11.5 Å². The number of amides is 2. The zero-order valence-corrected chi connectivity index (χ0v) is 23.8. The molecule has 0 spiro atoms. The number of aryl methyl sites for hydroxylation is 1. The van der Waals surface area contributed by atoms with Gasteiger partial charge in [-0.3, -0.25) is 9.59 Å². The summed E-state index contributed by atoms with van der Waals surface area (Å²) < 4.78 is 11.1. The molecule has 4 rings (SSSR count). The van der Waals surface area contributed by atoms with E-state index in [0.717, 1.165) is 53.9 Å². The zero-order valence-electron chi connectivity index (χ0n) is 23.8. The van der Waals surface area contributed by atoms with E-state index >= 15 is 0 Å². The second-order valence-corrected chi connectivity index (χ2v) is 10.7. The minimum Gasteiger partial charge on any atom is -0.497 e. The average Bonchev–Trinajstić information content (AvgIpc) is 2.98. The maximum absolute atomic E-state index is 13.8. The molecule has 0 bridgehead atoms. The first-order valence-electron chi connectivity index (χ1n) is 14.5. The third kappa shape index (κ3) is 8.87. The first kappa shape index (κ1) is 29.2. The molecular weight excluding hydrogens is 500 g/mol. The van der Waals surface area contributed by atoms with Crippen LogP contribution in [0.1, 0.15) is 61.6 Å². The summed E-state index contributed by atoms with van der Waals surface area (Å²) >= 11 is 0. The molecule has 1 aliphatic carbocycles. The summed E-state index contributed by atoms with van der Waals surface area (Å²) in [6, 6.07) is 25.1. The molecule has 0 saturated heterocycles. The standard InChI is InChI=1S/C34H42N2O4/c1-26-11-9-14-28(23-26)25-36(33(37)17-10-22-40-31-20-18-30(39-2)19-21-31)32(24-27-12-5-3-6-13-27)34(38)35-29-15-7-4-8-16-29/h3,5-6,9,11-14,18-21,23,29,32H,4,7-8,10,15-17,22,24-25H2,1-2H3,(H,35,38)/t32-/m0/s1. The molecule has 0 radical (unpaired) electrons. The van der Waals surface area contributed by atoms with E-state index in [0.29, 0.717) is 32.4 Å². The molecule has 6 heteroatoms. The van der Waals surface area contributed by atoms with E-state index < -0.39 is 6.04 Å². The van der Waals surface area contributed by atoms with Gasteiger partial charge in [-0.15, -0.1) is 0 Å². The number of nitrogens with zero attached hydrogens (tertiary/aromatic N) is 1. The summed E-state index contributed by atoms with van der Waals surface area (Å²) in [5.74, 6) is 1.40. The quantitative estimate of drug-likeness (QED) is 0.259. The van der Waals surface area contributed by atoms with Crippen LogP contribution < -0.4 is 14.8 Å². The minimum absolute atomic E-state index is 0.0421. The van der Waals surface area contributed by atoms with Crippen LogP contribution in [0.15, 0.2) is 78.9 Å². The summed E-state index contributed by atoms with van der Waals surface area (Å²) in [6.45, 7) is 2.84. The van der Waals surface area contributed by atoms with Crippen molar-refractivity contribution < 1.29 is 19.1 Å². The van der Waals surface area contributed by atoms with Gasteiger partial charge in [-0.2, -0.15) is 0 Å². The molecule has 3 aromatic rings. The topological polar surface area (TPSA) is 67.9 Å². The highest BCUT2D eigenvalue weighted by Gasteiger charge is 2.31. The highest BCUT2D eigenvalue weighted by molar-refractivity contribution is 5.88. The molecule has 3 aromatic carbocycles. The maximum Gasteiger partial charge on any atom is 0.243 e. The third-order valence-electron chi connectivity index (χ3n) is 7.52. The SMILES string of the molecule is COc1ccc(OCCCC(=O)N(Cc2cccc(C)c2)[C@@H](Cc2ccccc2)C(=O)NC2CCCCC2)cc1. The summed E-state index contributed by atoms with van der Waals surface area (Å²) in [5, 5.41) is 3.30. The Kier molecular flexibility index (Phi) is 11.0. The van der Waals surface area contributed by atoms with Crippen LogP contribution in [0.4, 0.5) is 0 Å². The fourth-order valence-electron chi connectivity index (χ4n) is 5.33. The molecule has 1 fully saturated rings. The number of carbonyl (C=O) groups is 2. The fraction of sp³-hybridized carbons (Fsp3) is 0.412. The lowest BCUT2D eigenvalue weighted by atomic mass is 9.94. The van der Waals surface area contributed by atoms with E-state index in [1.54, 1.807) is 12.0 Å². The van der Waals surface area contributed by atoms with E-state index in [9.17, 15) is 9.59 Å². The Morgan fingerprint density at radius 1 is 0.900 bits per heavy atom. The van der Waals surface area contributed by atoms with E-state index in [1.807, 2.05) is 79.7 Å². The molecule has 6 nitrogen and oxygen atoms in total. The van der Waals surface area contributed by atoms with Gasteiger partial charge in [-0.05, 0) is 61.6 Å². The van der Waals surface area contributed by atoms with Gasteiger partial charge >= 0.3 is 0 Å². The van der Waals surface area contributed by atoms with Crippen LogP contribution in [0.25, 0.3) is 0 Å². The second-order valence-electron chi connectivity index (χ2n) is 10.7. The van der Waals surface area contributed by atoms with E-state index in [-0.39, 0.29) is 17.9 Å². The van der Waals surface area contributed by atoms with Gasteiger partial charge in [0.05, 0.1) is 13.7 Å². The van der Waals surface area contributed by atoms with Crippen molar-refractivity contribution >= 4 is 11.8 Å². The van der Waals surface area contributed by atoms with Crippen LogP contribution in [-0.2, 0) is 22.6 Å². The number of nitrogens with one attached hydrogen (secondary N) is 1. The Morgan fingerprint density at radius 2 is 1.60 bits per heavy atom. The highest BCUT2D eigenvalue weighted by atomic mass is 16.5. The molecule has 1 atom stereocenters. The number of benzene rings is 3. The lowest BCUT2D eigenvalue weighted by Crippen LogP contribution is -2.52. The molecule has 1 aliphatic rings. The fourth-order valence-corrected chi connectivity index (χ4v) is 5.33. The summed E-state index contributed by atoms with van der Waals surface area (Å²) in [7, 11) is 1.63. The Balaban J connectivity index is 1.50. The smallest absolute Gasteiger partial charge is 0.243 e. The number of ether oxygens (including phenoxy) is 2. The lowest BCUT2D eigenvalue weighted by Gasteiger charge is -2.33. The van der Waals surface area contributed by atoms with Crippen molar-refractivity contribution in [1.82, 2.24) is 10.2 Å². The normalized spacial score (nSPS) is 14.2. The van der Waals surface area contributed by atoms with Crippen molar-refractivity contribution in [1.29, 1.82) is 0 Å². The van der Waals surface area contributed by atoms with Crippen LogP contribution in [0.2, 0.25) is 0 Å². The van der Waals surface area contributed by atoms with Gasteiger partial charge in [0.2, 0.25) is 11.8 Å². The summed E-state index contributed by atoms with van der Waals surface area (Å²) in [6.07, 6.45) is 6.80. The van der Waals surface area contributed by atoms with Gasteiger partial charge in [-0.1, -0.05) is 79.4 Å². The van der Waals surface area contributed by atoms with Crippen molar-refractivity contribution in [2.75, 3.05) is 13.7 Å². The lowest BCUT2D eigenvalue weighted by molar-refractivity contribution is -0.141. The molecule has 0 unspecified atom stereocenters. The van der Waals surface area contributed by atoms with Crippen LogP contribution in [0.3, 0.4) is 0 Å². The van der Waals surface area contributed by atoms with Gasteiger partial charge in [-0.25, -0.2) is 0 Å². The first-order chi connectivity index (χ1) is 19.5. The molecule has 1 saturated carbocycles. The summed E-state index contributed by atoms with van der Waals surface area (Å²) in [5.41, 5.74) is 3.19. The Labute approximate surface area is 238 Å². The maximum atomic E-state index is 13.8. The van der Waals surface area contributed by atoms with E-state index in [1.165, 1.54) is 6.42 Å². The average molecular weight is 543 g/mol. The van der Waals surface area contributed by atoms with E-state index in [4.69, 9.17) is 9.47 Å². The number of hydrogen-bond acceptors (Lipinski definition) is 4. The van der Waals surface area contributed by atoms with Crippen LogP contribution in [0, 0.1) is 6.92 Å². The first-order valence-corrected chi connectivity index (χ1v) is 14.5. The molecule has 40 heavy (non-hydrogen) atoms. The van der Waals surface area contributed by atoms with Crippen molar-refractivity contribution in [2.24, 2.45) is 0 Å². The van der Waals surface area contributed by atoms with Crippen molar-refractivity contribution in [3.05, 3.63) is 95.6 Å². The Bertz CT molecular complexity index is 1210. The Morgan fingerprint density at radius 3 is 2.30 bits per heavy atom. The van der Waals surface area contributed by atoms with Gasteiger partial charge in [0.25, 0.3) is 0 Å². The van der Waals surface area contributed by atoms with Gasteiger partial charge < -0.3 is 19.7 Å². The number of carbonyl (C=O) groups excluding carboxylic acids is 2. The molecule has 1 N–H and O–H groups in total.